The van der Waals surface area contributed by atoms with Crippen LogP contribution in [0, 0.1) is 11.6 Å². The van der Waals surface area contributed by atoms with Crippen LogP contribution in [-0.4, -0.2) is 37.0 Å². The Morgan fingerprint density at radius 1 is 1.14 bits per heavy atom. The second kappa shape index (κ2) is 10.1. The van der Waals surface area contributed by atoms with Crippen LogP contribution in [0.2, 0.25) is 5.02 Å². The number of hydrogen-bond donors (Lipinski definition) is 1. The van der Waals surface area contributed by atoms with Crippen molar-refractivity contribution >= 4 is 29.1 Å². The summed E-state index contributed by atoms with van der Waals surface area (Å²) >= 11 is 5.86. The van der Waals surface area contributed by atoms with Gasteiger partial charge in [-0.05, 0) is 30.7 Å². The molecule has 0 saturated carbocycles. The lowest BCUT2D eigenvalue weighted by molar-refractivity contribution is -0.117. The van der Waals surface area contributed by atoms with Gasteiger partial charge in [0.25, 0.3) is 5.91 Å². The molecule has 5 nitrogen and oxygen atoms in total. The minimum Gasteiger partial charge on any atom is -0.384 e. The number of carbonyl (C=O) groups excluding carboxylic acids is 2. The average molecular weight is 411 g/mol. The first-order valence-corrected chi connectivity index (χ1v) is 9.05. The summed E-state index contributed by atoms with van der Waals surface area (Å²) in [6.45, 7) is 2.46. The third-order valence-electron chi connectivity index (χ3n) is 4.05. The summed E-state index contributed by atoms with van der Waals surface area (Å²) in [5.41, 5.74) is 0.239. The molecule has 2 rings (SSSR count). The fourth-order valence-corrected chi connectivity index (χ4v) is 2.65. The highest BCUT2D eigenvalue weighted by molar-refractivity contribution is 6.30. The summed E-state index contributed by atoms with van der Waals surface area (Å²) < 4.78 is 33.1. The molecule has 0 heterocycles. The third-order valence-corrected chi connectivity index (χ3v) is 4.30. The Bertz CT molecular complexity index is 844. The van der Waals surface area contributed by atoms with E-state index < -0.39 is 23.4 Å². The zero-order chi connectivity index (χ0) is 20.7. The Kier molecular flexibility index (Phi) is 7.90. The molecular weight excluding hydrogens is 390 g/mol. The minimum absolute atomic E-state index is 0.00818. The summed E-state index contributed by atoms with van der Waals surface area (Å²) in [5.74, 6) is -3.06. The second-order valence-electron chi connectivity index (χ2n) is 6.05. The average Bonchev–Trinajstić information content (AvgIpc) is 2.67. The molecule has 28 heavy (non-hydrogen) atoms. The quantitative estimate of drug-likeness (QED) is 0.707. The van der Waals surface area contributed by atoms with Crippen LogP contribution in [0.4, 0.5) is 14.5 Å². The van der Waals surface area contributed by atoms with Crippen molar-refractivity contribution < 1.29 is 23.1 Å². The molecule has 0 aliphatic heterocycles. The third kappa shape index (κ3) is 5.74. The summed E-state index contributed by atoms with van der Waals surface area (Å²) in [5, 5.41) is 2.90. The number of nitrogens with one attached hydrogen (secondary N) is 1. The molecule has 0 atom stereocenters. The highest BCUT2D eigenvalue weighted by atomic mass is 35.5. The number of carbonyl (C=O) groups is 2. The van der Waals surface area contributed by atoms with E-state index in [0.717, 1.165) is 11.6 Å². The molecular formula is C20H21ClF2N2O3. The van der Waals surface area contributed by atoms with Gasteiger partial charge in [-0.15, -0.1) is 0 Å². The number of methoxy groups -OCH3 is 1. The van der Waals surface area contributed by atoms with E-state index in [1.165, 1.54) is 12.0 Å². The van der Waals surface area contributed by atoms with Gasteiger partial charge in [-0.2, -0.15) is 0 Å². The summed E-state index contributed by atoms with van der Waals surface area (Å²) in [4.78, 5) is 26.0. The highest BCUT2D eigenvalue weighted by Crippen LogP contribution is 2.22. The van der Waals surface area contributed by atoms with E-state index in [-0.39, 0.29) is 30.8 Å². The van der Waals surface area contributed by atoms with E-state index in [9.17, 15) is 18.4 Å². The van der Waals surface area contributed by atoms with Crippen molar-refractivity contribution in [3.05, 3.63) is 64.2 Å². The van der Waals surface area contributed by atoms with E-state index >= 15 is 0 Å². The maximum atomic E-state index is 14.3. The number of amides is 2. The van der Waals surface area contributed by atoms with Gasteiger partial charge >= 0.3 is 0 Å². The van der Waals surface area contributed by atoms with Crippen LogP contribution < -0.4 is 5.32 Å². The maximum Gasteiger partial charge on any atom is 0.257 e. The molecule has 0 spiro atoms. The van der Waals surface area contributed by atoms with Gasteiger partial charge in [0.05, 0.1) is 24.3 Å². The zero-order valence-corrected chi connectivity index (χ0v) is 16.4. The molecule has 0 aliphatic carbocycles. The van der Waals surface area contributed by atoms with Crippen molar-refractivity contribution in [3.63, 3.8) is 0 Å². The topological polar surface area (TPSA) is 58.6 Å². The molecule has 0 saturated heterocycles. The fourth-order valence-electron chi connectivity index (χ4n) is 2.52. The highest BCUT2D eigenvalue weighted by Gasteiger charge is 2.21. The lowest BCUT2D eigenvalue weighted by atomic mass is 10.1. The van der Waals surface area contributed by atoms with E-state index in [2.05, 4.69) is 5.32 Å². The predicted molar refractivity (Wildman–Crippen MR) is 103 cm³/mol. The van der Waals surface area contributed by atoms with Gasteiger partial charge in [-0.25, -0.2) is 8.78 Å². The normalized spacial score (nSPS) is 10.6. The molecule has 0 aliphatic rings. The van der Waals surface area contributed by atoms with Gasteiger partial charge in [0.15, 0.2) is 0 Å². The van der Waals surface area contributed by atoms with Crippen molar-refractivity contribution in [2.75, 3.05) is 25.6 Å². The number of nitrogens with zero attached hydrogens (tertiary/aromatic N) is 1. The van der Waals surface area contributed by atoms with Gasteiger partial charge in [0, 0.05) is 31.3 Å². The largest absolute Gasteiger partial charge is 0.384 e. The van der Waals surface area contributed by atoms with Gasteiger partial charge in [-0.3, -0.25) is 9.59 Å². The summed E-state index contributed by atoms with van der Waals surface area (Å²) in [6.07, 6.45) is 0.00818. The van der Waals surface area contributed by atoms with Gasteiger partial charge in [-0.1, -0.05) is 23.7 Å². The lowest BCUT2D eigenvalue weighted by Gasteiger charge is -2.22. The molecule has 0 fully saturated rings. The fraction of sp³-hybridized carbons (Fsp3) is 0.300. The van der Waals surface area contributed by atoms with Crippen LogP contribution in [0.15, 0.2) is 36.4 Å². The molecule has 0 aromatic heterocycles. The van der Waals surface area contributed by atoms with Crippen LogP contribution >= 0.6 is 11.6 Å². The first kappa shape index (κ1) is 21.8. The Labute approximate surface area is 167 Å². The first-order valence-electron chi connectivity index (χ1n) is 8.67. The van der Waals surface area contributed by atoms with E-state index in [4.69, 9.17) is 16.3 Å². The van der Waals surface area contributed by atoms with Crippen molar-refractivity contribution in [1.82, 2.24) is 4.90 Å². The van der Waals surface area contributed by atoms with Crippen LogP contribution in [-0.2, 0) is 16.1 Å². The van der Waals surface area contributed by atoms with Crippen molar-refractivity contribution in [2.45, 2.75) is 19.9 Å². The number of anilines is 1. The number of halogens is 3. The van der Waals surface area contributed by atoms with Crippen LogP contribution in [0.25, 0.3) is 0 Å². The number of rotatable bonds is 8. The second-order valence-corrected chi connectivity index (χ2v) is 6.49. The molecule has 2 aromatic rings. The Morgan fingerprint density at radius 2 is 1.82 bits per heavy atom. The van der Waals surface area contributed by atoms with Crippen molar-refractivity contribution in [3.8, 4) is 0 Å². The molecule has 0 bridgehead atoms. The van der Waals surface area contributed by atoms with Crippen molar-refractivity contribution in [1.29, 1.82) is 0 Å². The number of hydrogen-bond acceptors (Lipinski definition) is 3. The predicted octanol–water partition coefficient (Wildman–Crippen LogP) is 4.26. The number of benzene rings is 2. The standard InChI is InChI=1S/C20H21ClF2N2O3/c1-3-25(12-13-4-6-14(21)7-5-13)20(27)15-10-18(17(23)11-16(15)22)24-19(26)8-9-28-2/h4-7,10-11H,3,8-9,12H2,1-2H3,(H,24,26). The van der Waals surface area contributed by atoms with Gasteiger partial charge < -0.3 is 15.0 Å². The molecule has 1 N–H and O–H groups in total. The van der Waals surface area contributed by atoms with E-state index in [0.29, 0.717) is 17.6 Å². The number of ether oxygens (including phenoxy) is 1. The molecule has 150 valence electrons. The van der Waals surface area contributed by atoms with E-state index in [1.54, 1.807) is 31.2 Å². The SMILES string of the molecule is CCN(Cc1ccc(Cl)cc1)C(=O)c1cc(NC(=O)CCOC)c(F)cc1F. The Balaban J connectivity index is 2.23. The monoisotopic (exact) mass is 410 g/mol. The van der Waals surface area contributed by atoms with Crippen LogP contribution in [0.1, 0.15) is 29.3 Å². The van der Waals surface area contributed by atoms with Gasteiger partial charge in [0.2, 0.25) is 5.91 Å². The molecule has 2 amide bonds. The maximum absolute atomic E-state index is 14.3. The Hall–Kier alpha value is -2.51. The zero-order valence-electron chi connectivity index (χ0n) is 15.6. The smallest absolute Gasteiger partial charge is 0.257 e. The summed E-state index contributed by atoms with van der Waals surface area (Å²) in [7, 11) is 1.43. The first-order chi connectivity index (χ1) is 13.3. The molecule has 0 radical (unpaired) electrons. The molecule has 2 aromatic carbocycles. The van der Waals surface area contributed by atoms with E-state index in [1.807, 2.05) is 0 Å². The molecule has 8 heteroatoms. The summed E-state index contributed by atoms with van der Waals surface area (Å²) in [6, 6.07) is 8.53. The van der Waals surface area contributed by atoms with Crippen molar-refractivity contribution in [2.24, 2.45) is 0 Å². The minimum atomic E-state index is -0.994. The van der Waals surface area contributed by atoms with Crippen LogP contribution in [0.3, 0.4) is 0 Å². The van der Waals surface area contributed by atoms with Gasteiger partial charge in [0.1, 0.15) is 11.6 Å². The lowest BCUT2D eigenvalue weighted by Crippen LogP contribution is -2.31. The molecule has 0 unspecified atom stereocenters. The Morgan fingerprint density at radius 3 is 2.43 bits per heavy atom. The van der Waals surface area contributed by atoms with Crippen LogP contribution in [0.5, 0.6) is 0 Å².